The van der Waals surface area contributed by atoms with Crippen molar-refractivity contribution in [2.75, 3.05) is 9.80 Å². The summed E-state index contributed by atoms with van der Waals surface area (Å²) in [5.74, 6) is 0. The van der Waals surface area contributed by atoms with Gasteiger partial charge in [-0.2, -0.15) is 0 Å². The summed E-state index contributed by atoms with van der Waals surface area (Å²) in [6.07, 6.45) is 3.32. The molecule has 71 heavy (non-hydrogen) atoms. The van der Waals surface area contributed by atoms with E-state index in [1.54, 1.807) is 0 Å². The molecule has 2 aromatic heterocycles. The van der Waals surface area contributed by atoms with Gasteiger partial charge in [0.05, 0.1) is 11.0 Å². The van der Waals surface area contributed by atoms with E-state index in [0.29, 0.717) is 0 Å². The quantitative estimate of drug-likeness (QED) is 0.126. The summed E-state index contributed by atoms with van der Waals surface area (Å²) in [6, 6.07) is 57.9. The Balaban J connectivity index is 1.12. The number of aryl methyl sites for hydroxylation is 7. The van der Waals surface area contributed by atoms with Gasteiger partial charge in [0.15, 0.2) is 0 Å². The highest BCUT2D eigenvalue weighted by atomic mass is 127. The normalized spacial score (nSPS) is 13.7. The molecule has 15 rings (SSSR count). The second kappa shape index (κ2) is 14.8. The molecule has 0 bridgehead atoms. The first kappa shape index (κ1) is 41.8. The number of benzene rings is 9. The molecule has 0 N–H and O–H groups in total. The predicted molar refractivity (Wildman–Crippen MR) is 314 cm³/mol. The largest absolute Gasteiger partial charge is 0.311 e. The molecule has 6 heterocycles. The zero-order valence-corrected chi connectivity index (χ0v) is 43.5. The van der Waals surface area contributed by atoms with E-state index in [4.69, 9.17) is 0 Å². The van der Waals surface area contributed by atoms with Crippen molar-refractivity contribution in [1.29, 1.82) is 0 Å². The molecule has 4 aliphatic heterocycles. The van der Waals surface area contributed by atoms with Gasteiger partial charge in [0.25, 0.3) is 13.4 Å². The van der Waals surface area contributed by atoms with Crippen LogP contribution in [0.4, 0.5) is 34.1 Å². The van der Waals surface area contributed by atoms with Gasteiger partial charge in [-0.1, -0.05) is 101 Å². The average Bonchev–Trinajstić information content (AvgIpc) is 3.86. The van der Waals surface area contributed by atoms with Gasteiger partial charge in [0.1, 0.15) is 0 Å². The number of halogens is 1. The maximum Gasteiger partial charge on any atom is 0.252 e. The fourth-order valence-electron chi connectivity index (χ4n) is 13.6. The molecule has 0 unspecified atom stereocenters. The topological polar surface area (TPSA) is 16.3 Å². The van der Waals surface area contributed by atoms with Crippen molar-refractivity contribution in [1.82, 2.24) is 9.13 Å². The molecular formula is C64H51B2IN4. The molecule has 0 aliphatic carbocycles. The molecule has 11 aromatic rings. The van der Waals surface area contributed by atoms with Gasteiger partial charge in [-0.3, -0.25) is 0 Å². The lowest BCUT2D eigenvalue weighted by molar-refractivity contribution is 0.794. The second-order valence-electron chi connectivity index (χ2n) is 21.4. The number of hydrogen-bond donors (Lipinski definition) is 0. The highest BCUT2D eigenvalue weighted by molar-refractivity contribution is 14.1. The number of rotatable bonds is 5. The van der Waals surface area contributed by atoms with E-state index in [1.165, 1.54) is 164 Å². The summed E-state index contributed by atoms with van der Waals surface area (Å²) in [7, 11) is 0. The summed E-state index contributed by atoms with van der Waals surface area (Å²) in [5, 5.41) is 5.35. The minimum absolute atomic E-state index is 0.0000342. The van der Waals surface area contributed by atoms with Crippen molar-refractivity contribution in [3.05, 3.63) is 188 Å². The van der Waals surface area contributed by atoms with Crippen molar-refractivity contribution in [2.24, 2.45) is 0 Å². The number of anilines is 6. The first-order valence-corrected chi connectivity index (χ1v) is 26.6. The molecule has 0 saturated carbocycles. The Labute approximate surface area is 429 Å². The average molecular weight is 1020 g/mol. The van der Waals surface area contributed by atoms with Crippen molar-refractivity contribution in [3.63, 3.8) is 0 Å². The summed E-state index contributed by atoms with van der Waals surface area (Å²) in [4.78, 5) is 5.25. The molecule has 0 radical (unpaired) electrons. The van der Waals surface area contributed by atoms with Crippen LogP contribution < -0.4 is 42.6 Å². The van der Waals surface area contributed by atoms with Crippen LogP contribution in [-0.4, -0.2) is 22.6 Å². The first-order valence-electron chi connectivity index (χ1n) is 25.6. The van der Waals surface area contributed by atoms with Crippen LogP contribution in [-0.2, 0) is 6.42 Å². The smallest absolute Gasteiger partial charge is 0.252 e. The standard InChI is InChI=1S/C64H51B2IN4/c1-8-9-10-41-29-57-61-58(30-41)70-53-21-15-37(4)23-45(53)47-25-39(6)27-51(63(47)70)65(61)49-33-50-56(34-55(49)68(57)43-17-11-35(2)12-18-43)69(44-19-13-36(3)14-20-44)59-31-42(67)32-60-62(59)66(50)52-28-40(7)26-48-46-24-38(5)16-22-54(46)71(60)64(48)52/h11-34H,8-10H2,1-7H3. The highest BCUT2D eigenvalue weighted by Gasteiger charge is 2.47. The van der Waals surface area contributed by atoms with Crippen LogP contribution in [0.2, 0.25) is 0 Å². The Morgan fingerprint density at radius 3 is 1.34 bits per heavy atom. The molecule has 0 spiro atoms. The van der Waals surface area contributed by atoms with Crippen molar-refractivity contribution in [2.45, 2.75) is 67.7 Å². The van der Waals surface area contributed by atoms with Crippen LogP contribution in [0.1, 0.15) is 58.7 Å². The molecule has 0 amide bonds. The maximum atomic E-state index is 2.69. The molecule has 0 atom stereocenters. The molecule has 0 saturated heterocycles. The van der Waals surface area contributed by atoms with E-state index in [2.05, 4.69) is 236 Å². The summed E-state index contributed by atoms with van der Waals surface area (Å²) >= 11 is 2.58. The monoisotopic (exact) mass is 1020 g/mol. The van der Waals surface area contributed by atoms with Crippen molar-refractivity contribution in [3.8, 4) is 11.4 Å². The minimum Gasteiger partial charge on any atom is -0.311 e. The van der Waals surface area contributed by atoms with Crippen molar-refractivity contribution < 1.29 is 0 Å². The lowest BCUT2D eigenvalue weighted by Gasteiger charge is -2.44. The summed E-state index contributed by atoms with van der Waals surface area (Å²) in [6.45, 7) is 15.8. The molecule has 0 fully saturated rings. The van der Waals surface area contributed by atoms with Crippen LogP contribution in [0.3, 0.4) is 0 Å². The van der Waals surface area contributed by atoms with E-state index in [1.807, 2.05) is 0 Å². The van der Waals surface area contributed by atoms with Crippen LogP contribution in [0, 0.1) is 45.1 Å². The molecule has 4 aliphatic rings. The second-order valence-corrected chi connectivity index (χ2v) is 22.6. The summed E-state index contributed by atoms with van der Waals surface area (Å²) < 4.78 is 6.48. The van der Waals surface area contributed by atoms with E-state index in [-0.39, 0.29) is 13.4 Å². The zero-order valence-electron chi connectivity index (χ0n) is 41.3. The molecule has 4 nitrogen and oxygen atoms in total. The number of hydrogen-bond acceptors (Lipinski definition) is 2. The number of aromatic nitrogens is 2. The van der Waals surface area contributed by atoms with Gasteiger partial charge in [-0.15, -0.1) is 0 Å². The summed E-state index contributed by atoms with van der Waals surface area (Å²) in [5.41, 5.74) is 32.6. The lowest BCUT2D eigenvalue weighted by Crippen LogP contribution is -2.64. The first-order chi connectivity index (χ1) is 34.5. The fourth-order valence-corrected chi connectivity index (χ4v) is 14.2. The van der Waals surface area contributed by atoms with E-state index in [0.717, 1.165) is 19.3 Å². The zero-order chi connectivity index (χ0) is 47.9. The molecule has 9 aromatic carbocycles. The number of unbranched alkanes of at least 4 members (excludes halogenated alkanes) is 1. The van der Waals surface area contributed by atoms with Gasteiger partial charge in [-0.05, 0) is 206 Å². The van der Waals surface area contributed by atoms with Crippen LogP contribution in [0.15, 0.2) is 146 Å². The minimum atomic E-state index is -0.0000342. The maximum absolute atomic E-state index is 2.69. The van der Waals surface area contributed by atoms with Crippen molar-refractivity contribution >= 4 is 147 Å². The van der Waals surface area contributed by atoms with Gasteiger partial charge < -0.3 is 18.9 Å². The third-order valence-electron chi connectivity index (χ3n) is 16.5. The third kappa shape index (κ3) is 5.70. The molecule has 7 heteroatoms. The van der Waals surface area contributed by atoms with Gasteiger partial charge in [0, 0.05) is 81.6 Å². The lowest BCUT2D eigenvalue weighted by atomic mass is 9.30. The number of fused-ring (bicyclic) bond motifs is 14. The van der Waals surface area contributed by atoms with Gasteiger partial charge in [-0.25, -0.2) is 0 Å². The van der Waals surface area contributed by atoms with Gasteiger partial charge >= 0.3 is 0 Å². The van der Waals surface area contributed by atoms with E-state index in [9.17, 15) is 0 Å². The Morgan fingerprint density at radius 1 is 0.394 bits per heavy atom. The Kier molecular flexibility index (Phi) is 8.71. The van der Waals surface area contributed by atoms with E-state index >= 15 is 0 Å². The third-order valence-corrected chi connectivity index (χ3v) is 17.1. The predicted octanol–water partition coefficient (Wildman–Crippen LogP) is 12.9. The van der Waals surface area contributed by atoms with Crippen LogP contribution in [0.5, 0.6) is 0 Å². The fraction of sp³-hybridized carbons (Fsp3) is 0.156. The Hall–Kier alpha value is -6.96. The van der Waals surface area contributed by atoms with E-state index < -0.39 is 0 Å². The van der Waals surface area contributed by atoms with Crippen LogP contribution in [0.25, 0.3) is 55.0 Å². The van der Waals surface area contributed by atoms with Crippen LogP contribution >= 0.6 is 22.6 Å². The molecule has 340 valence electrons. The van der Waals surface area contributed by atoms with Gasteiger partial charge in [0.2, 0.25) is 0 Å². The number of nitrogens with zero attached hydrogens (tertiary/aromatic N) is 4. The molecular weight excluding hydrogens is 973 g/mol. The Bertz CT molecular complexity index is 4200. The highest BCUT2D eigenvalue weighted by Crippen LogP contribution is 2.47. The Morgan fingerprint density at radius 2 is 0.831 bits per heavy atom. The SMILES string of the molecule is CCCCc1cc2c3c(c1)-n1c4ccc(C)cc4c4cc(C)cc(c41)B3c1cc3c(cc1N2c1ccc(C)cc1)N(c1ccc(C)cc1)c1cc(I)cc2c1B3c1cc(C)cc3c4cc(C)ccc4n-2c13.